The lowest BCUT2D eigenvalue weighted by molar-refractivity contribution is -0.122. The number of rotatable bonds is 9. The summed E-state index contributed by atoms with van der Waals surface area (Å²) in [6.45, 7) is 8.28. The number of fused-ring (bicyclic) bond motifs is 1. The lowest BCUT2D eigenvalue weighted by atomic mass is 10.2. The van der Waals surface area contributed by atoms with Gasteiger partial charge in [-0.25, -0.2) is 4.98 Å². The lowest BCUT2D eigenvalue weighted by Gasteiger charge is -2.14. The number of anilines is 1. The van der Waals surface area contributed by atoms with Gasteiger partial charge in [-0.15, -0.1) is 0 Å². The van der Waals surface area contributed by atoms with Gasteiger partial charge in [0, 0.05) is 32.5 Å². The third-order valence-electron chi connectivity index (χ3n) is 4.65. The summed E-state index contributed by atoms with van der Waals surface area (Å²) in [7, 11) is 0. The number of carbonyl (C=O) groups is 1. The maximum absolute atomic E-state index is 13.2. The van der Waals surface area contributed by atoms with Crippen molar-refractivity contribution in [3.8, 4) is 0 Å². The van der Waals surface area contributed by atoms with E-state index < -0.39 is 0 Å². The molecule has 0 unspecified atom stereocenters. The van der Waals surface area contributed by atoms with Crippen molar-refractivity contribution in [2.45, 2.75) is 33.6 Å². The summed E-state index contributed by atoms with van der Waals surface area (Å²) in [5.74, 6) is 0.300. The predicted molar refractivity (Wildman–Crippen MR) is 126 cm³/mol. The third-order valence-corrected chi connectivity index (χ3v) is 6.03. The molecule has 1 amide bonds. The summed E-state index contributed by atoms with van der Waals surface area (Å²) in [5, 5.41) is 3.23. The Morgan fingerprint density at radius 2 is 2.13 bits per heavy atom. The van der Waals surface area contributed by atoms with Crippen LogP contribution in [-0.4, -0.2) is 50.8 Å². The SMILES string of the molecule is CCCNc1nc2c(C)cccn2c(=O)c1C=C1SC(=S)N(CCCOCC)C1=O. The highest BCUT2D eigenvalue weighted by molar-refractivity contribution is 8.26. The first-order valence-electron chi connectivity index (χ1n) is 10.1. The predicted octanol–water partition coefficient (Wildman–Crippen LogP) is 3.45. The van der Waals surface area contributed by atoms with Gasteiger partial charge in [0.15, 0.2) is 0 Å². The van der Waals surface area contributed by atoms with Crippen LogP contribution in [0.3, 0.4) is 0 Å². The molecule has 0 saturated carbocycles. The summed E-state index contributed by atoms with van der Waals surface area (Å²) in [6.07, 6.45) is 4.90. The molecule has 9 heteroatoms. The van der Waals surface area contributed by atoms with Gasteiger partial charge < -0.3 is 10.1 Å². The maximum atomic E-state index is 13.2. The summed E-state index contributed by atoms with van der Waals surface area (Å²) in [5.41, 5.74) is 1.65. The first-order valence-corrected chi connectivity index (χ1v) is 11.3. The average molecular weight is 447 g/mol. The average Bonchev–Trinajstić information content (AvgIpc) is 2.99. The molecule has 0 bridgehead atoms. The van der Waals surface area contributed by atoms with Gasteiger partial charge in [0.2, 0.25) is 0 Å². The molecule has 0 aliphatic carbocycles. The number of nitrogens with one attached hydrogen (secondary N) is 1. The monoisotopic (exact) mass is 446 g/mol. The summed E-state index contributed by atoms with van der Waals surface area (Å²) in [4.78, 5) is 32.8. The van der Waals surface area contributed by atoms with Crippen molar-refractivity contribution in [3.05, 3.63) is 44.7 Å². The number of aromatic nitrogens is 2. The molecule has 0 radical (unpaired) electrons. The number of aryl methyl sites for hydroxylation is 1. The maximum Gasteiger partial charge on any atom is 0.267 e. The van der Waals surface area contributed by atoms with Gasteiger partial charge in [0.05, 0.1) is 10.5 Å². The van der Waals surface area contributed by atoms with E-state index in [1.54, 1.807) is 17.2 Å². The fourth-order valence-corrected chi connectivity index (χ4v) is 4.40. The van der Waals surface area contributed by atoms with Crippen molar-refractivity contribution in [2.75, 3.05) is 31.6 Å². The molecule has 0 aromatic carbocycles. The third kappa shape index (κ3) is 4.74. The highest BCUT2D eigenvalue weighted by Gasteiger charge is 2.32. The molecule has 1 aliphatic rings. The Kier molecular flexibility index (Phi) is 7.63. The smallest absolute Gasteiger partial charge is 0.267 e. The summed E-state index contributed by atoms with van der Waals surface area (Å²) < 4.78 is 7.35. The van der Waals surface area contributed by atoms with E-state index >= 15 is 0 Å². The molecule has 1 N–H and O–H groups in total. The first kappa shape index (κ1) is 22.5. The minimum absolute atomic E-state index is 0.184. The Morgan fingerprint density at radius 1 is 1.33 bits per heavy atom. The molecule has 0 atom stereocenters. The van der Waals surface area contributed by atoms with Gasteiger partial charge in [-0.3, -0.25) is 18.9 Å². The van der Waals surface area contributed by atoms with Crippen molar-refractivity contribution < 1.29 is 9.53 Å². The van der Waals surface area contributed by atoms with E-state index in [2.05, 4.69) is 10.3 Å². The molecule has 1 aliphatic heterocycles. The fraction of sp³-hybridized carbons (Fsp3) is 0.429. The van der Waals surface area contributed by atoms with E-state index in [0.717, 1.165) is 12.0 Å². The van der Waals surface area contributed by atoms with E-state index in [0.29, 0.717) is 59.0 Å². The van der Waals surface area contributed by atoms with Crippen molar-refractivity contribution in [2.24, 2.45) is 0 Å². The van der Waals surface area contributed by atoms with Gasteiger partial charge >= 0.3 is 0 Å². The lowest BCUT2D eigenvalue weighted by Crippen LogP contribution is -2.29. The van der Waals surface area contributed by atoms with Crippen LogP contribution in [0.25, 0.3) is 11.7 Å². The molecular weight excluding hydrogens is 420 g/mol. The quantitative estimate of drug-likeness (QED) is 0.359. The van der Waals surface area contributed by atoms with Crippen LogP contribution in [0.4, 0.5) is 5.82 Å². The van der Waals surface area contributed by atoms with Crippen LogP contribution in [0.2, 0.25) is 0 Å². The number of hydrogen-bond acceptors (Lipinski definition) is 7. The molecule has 3 rings (SSSR count). The number of thiocarbonyl (C=S) groups is 1. The molecule has 30 heavy (non-hydrogen) atoms. The van der Waals surface area contributed by atoms with Gasteiger partial charge in [-0.05, 0) is 44.4 Å². The van der Waals surface area contributed by atoms with Crippen LogP contribution in [0.1, 0.15) is 37.8 Å². The van der Waals surface area contributed by atoms with Gasteiger partial charge in [-0.2, -0.15) is 0 Å². The number of thioether (sulfide) groups is 1. The number of nitrogens with zero attached hydrogens (tertiary/aromatic N) is 3. The molecule has 1 fully saturated rings. The van der Waals surface area contributed by atoms with Gasteiger partial charge in [0.1, 0.15) is 15.8 Å². The van der Waals surface area contributed by atoms with E-state index in [4.69, 9.17) is 17.0 Å². The van der Waals surface area contributed by atoms with Crippen LogP contribution in [0.15, 0.2) is 28.0 Å². The molecular formula is C21H26N4O3S2. The van der Waals surface area contributed by atoms with Crippen molar-refractivity contribution >= 4 is 51.7 Å². The number of carbonyl (C=O) groups excluding carboxylic acids is 1. The zero-order chi connectivity index (χ0) is 21.7. The Hall–Kier alpha value is -2.23. The van der Waals surface area contributed by atoms with Crippen molar-refractivity contribution in [1.29, 1.82) is 0 Å². The number of pyridine rings is 1. The molecule has 3 heterocycles. The Bertz CT molecular complexity index is 1050. The van der Waals surface area contributed by atoms with Crippen molar-refractivity contribution in [1.82, 2.24) is 14.3 Å². The second-order valence-corrected chi connectivity index (χ2v) is 8.55. The number of hydrogen-bond donors (Lipinski definition) is 1. The van der Waals surface area contributed by atoms with Gasteiger partial charge in [0.25, 0.3) is 11.5 Å². The topological polar surface area (TPSA) is 75.9 Å². The molecule has 2 aromatic heterocycles. The summed E-state index contributed by atoms with van der Waals surface area (Å²) >= 11 is 6.61. The first-order chi connectivity index (χ1) is 14.5. The van der Waals surface area contributed by atoms with E-state index in [1.807, 2.05) is 32.9 Å². The fourth-order valence-electron chi connectivity index (χ4n) is 3.11. The minimum Gasteiger partial charge on any atom is -0.382 e. The Morgan fingerprint density at radius 3 is 2.87 bits per heavy atom. The van der Waals surface area contributed by atoms with Crippen LogP contribution in [-0.2, 0) is 9.53 Å². The molecule has 160 valence electrons. The van der Waals surface area contributed by atoms with Gasteiger partial charge in [-0.1, -0.05) is 37.0 Å². The van der Waals surface area contributed by atoms with Crippen LogP contribution >= 0.6 is 24.0 Å². The molecule has 1 saturated heterocycles. The van der Waals surface area contributed by atoms with E-state index in [-0.39, 0.29) is 11.5 Å². The highest BCUT2D eigenvalue weighted by Crippen LogP contribution is 2.33. The highest BCUT2D eigenvalue weighted by atomic mass is 32.2. The number of amides is 1. The zero-order valence-electron chi connectivity index (χ0n) is 17.4. The Labute approximate surface area is 185 Å². The normalized spacial score (nSPS) is 15.6. The Balaban J connectivity index is 1.98. The minimum atomic E-state index is -0.219. The van der Waals surface area contributed by atoms with Crippen LogP contribution < -0.4 is 10.9 Å². The zero-order valence-corrected chi connectivity index (χ0v) is 19.1. The largest absolute Gasteiger partial charge is 0.382 e. The molecule has 2 aromatic rings. The van der Waals surface area contributed by atoms with E-state index in [9.17, 15) is 9.59 Å². The summed E-state index contributed by atoms with van der Waals surface area (Å²) in [6, 6.07) is 3.73. The second-order valence-electron chi connectivity index (χ2n) is 6.87. The standard InChI is InChI=1S/C21H26N4O3S2/c1-4-9-22-17-15(19(26)24-10-6-8-14(3)18(24)23-17)13-16-20(27)25(21(29)30-16)11-7-12-28-5-2/h6,8,10,13,22H,4-5,7,9,11-12H2,1-3H3. The molecule has 0 spiro atoms. The van der Waals surface area contributed by atoms with E-state index in [1.165, 1.54) is 16.2 Å². The van der Waals surface area contributed by atoms with Crippen LogP contribution in [0, 0.1) is 6.92 Å². The van der Waals surface area contributed by atoms with Crippen LogP contribution in [0.5, 0.6) is 0 Å². The second kappa shape index (κ2) is 10.2. The number of ether oxygens (including phenoxy) is 1. The molecule has 7 nitrogen and oxygen atoms in total. The van der Waals surface area contributed by atoms with Crippen molar-refractivity contribution in [3.63, 3.8) is 0 Å².